The number of thiophene rings is 1. The minimum absolute atomic E-state index is 0.472. The molecule has 0 unspecified atom stereocenters. The Labute approximate surface area is 113 Å². The van der Waals surface area contributed by atoms with Crippen LogP contribution in [0.3, 0.4) is 0 Å². The number of benzene rings is 1. The summed E-state index contributed by atoms with van der Waals surface area (Å²) in [4.78, 5) is 23.3. The summed E-state index contributed by atoms with van der Waals surface area (Å²) >= 11 is 1.31. The standard InChI is InChI=1S/C13H13NO4S/c1-7-8-4-2-3-5-10(8)19-11(7)12(16)14-9(6-15)13(17)18/h2-5,9,15H,6H2,1H3,(H,14,16)(H,17,18)/t9-/m1/s1. The van der Waals surface area contributed by atoms with Gasteiger partial charge in [0.2, 0.25) is 0 Å². The summed E-state index contributed by atoms with van der Waals surface area (Å²) in [6.45, 7) is 1.19. The average Bonchev–Trinajstić information content (AvgIpc) is 2.73. The third-order valence-corrected chi connectivity index (χ3v) is 4.11. The van der Waals surface area contributed by atoms with Crippen LogP contribution in [0.15, 0.2) is 24.3 Å². The maximum absolute atomic E-state index is 12.0. The number of aliphatic carboxylic acids is 1. The molecule has 1 aromatic carbocycles. The van der Waals surface area contributed by atoms with Crippen molar-refractivity contribution in [1.29, 1.82) is 0 Å². The van der Waals surface area contributed by atoms with Crippen LogP contribution in [0.5, 0.6) is 0 Å². The smallest absolute Gasteiger partial charge is 0.328 e. The first-order valence-corrected chi connectivity index (χ1v) is 6.49. The molecule has 0 saturated heterocycles. The first-order valence-electron chi connectivity index (χ1n) is 5.67. The summed E-state index contributed by atoms with van der Waals surface area (Å²) in [6.07, 6.45) is 0. The number of aliphatic hydroxyl groups is 1. The Hall–Kier alpha value is -1.92. The van der Waals surface area contributed by atoms with E-state index in [0.29, 0.717) is 4.88 Å². The number of carbonyl (C=O) groups excluding carboxylic acids is 1. The van der Waals surface area contributed by atoms with E-state index in [2.05, 4.69) is 5.32 Å². The quantitative estimate of drug-likeness (QED) is 0.789. The van der Waals surface area contributed by atoms with Gasteiger partial charge in [0.15, 0.2) is 6.04 Å². The van der Waals surface area contributed by atoms with E-state index in [1.54, 1.807) is 0 Å². The van der Waals surface area contributed by atoms with Gasteiger partial charge in [0.1, 0.15) is 0 Å². The number of carboxylic acid groups (broad SMARTS) is 1. The second kappa shape index (κ2) is 5.38. The lowest BCUT2D eigenvalue weighted by molar-refractivity contribution is -0.140. The topological polar surface area (TPSA) is 86.6 Å². The van der Waals surface area contributed by atoms with Crippen LogP contribution in [0.1, 0.15) is 15.2 Å². The van der Waals surface area contributed by atoms with E-state index in [-0.39, 0.29) is 0 Å². The molecule has 1 amide bonds. The van der Waals surface area contributed by atoms with E-state index in [9.17, 15) is 9.59 Å². The molecule has 0 saturated carbocycles. The fraction of sp³-hybridized carbons (Fsp3) is 0.231. The second-order valence-corrected chi connectivity index (χ2v) is 5.15. The van der Waals surface area contributed by atoms with Gasteiger partial charge in [-0.05, 0) is 23.9 Å². The number of nitrogens with one attached hydrogen (secondary N) is 1. The van der Waals surface area contributed by atoms with Crippen LogP contribution >= 0.6 is 11.3 Å². The van der Waals surface area contributed by atoms with Crippen LogP contribution in [0.2, 0.25) is 0 Å². The van der Waals surface area contributed by atoms with Crippen LogP contribution in [0, 0.1) is 6.92 Å². The van der Waals surface area contributed by atoms with Crippen molar-refractivity contribution >= 4 is 33.3 Å². The van der Waals surface area contributed by atoms with Gasteiger partial charge in [-0.25, -0.2) is 4.79 Å². The van der Waals surface area contributed by atoms with Crippen molar-refractivity contribution in [3.05, 3.63) is 34.7 Å². The van der Waals surface area contributed by atoms with E-state index in [1.165, 1.54) is 11.3 Å². The predicted molar refractivity (Wildman–Crippen MR) is 72.5 cm³/mol. The number of carboxylic acids is 1. The lowest BCUT2D eigenvalue weighted by Gasteiger charge is -2.10. The predicted octanol–water partition coefficient (Wildman–Crippen LogP) is 1.39. The number of rotatable bonds is 4. The van der Waals surface area contributed by atoms with Gasteiger partial charge in [0.05, 0.1) is 11.5 Å². The summed E-state index contributed by atoms with van der Waals surface area (Å²) in [5, 5.41) is 21.0. The summed E-state index contributed by atoms with van der Waals surface area (Å²) < 4.78 is 0.973. The zero-order valence-electron chi connectivity index (χ0n) is 10.2. The van der Waals surface area contributed by atoms with Crippen molar-refractivity contribution < 1.29 is 19.8 Å². The highest BCUT2D eigenvalue weighted by Gasteiger charge is 2.22. The highest BCUT2D eigenvalue weighted by Crippen LogP contribution is 2.30. The van der Waals surface area contributed by atoms with Crippen molar-refractivity contribution in [2.24, 2.45) is 0 Å². The van der Waals surface area contributed by atoms with Crippen molar-refractivity contribution in [2.75, 3.05) is 6.61 Å². The van der Waals surface area contributed by atoms with Gasteiger partial charge in [-0.1, -0.05) is 18.2 Å². The lowest BCUT2D eigenvalue weighted by Crippen LogP contribution is -2.43. The van der Waals surface area contributed by atoms with Gasteiger partial charge in [0.25, 0.3) is 5.91 Å². The molecule has 19 heavy (non-hydrogen) atoms. The number of amides is 1. The molecular formula is C13H13NO4S. The monoisotopic (exact) mass is 279 g/mol. The fourth-order valence-electron chi connectivity index (χ4n) is 1.80. The molecule has 0 aliphatic heterocycles. The summed E-state index contributed by atoms with van der Waals surface area (Å²) in [5.41, 5.74) is 0.820. The minimum atomic E-state index is -1.28. The maximum atomic E-state index is 12.0. The highest BCUT2D eigenvalue weighted by atomic mass is 32.1. The van der Waals surface area contributed by atoms with Crippen molar-refractivity contribution in [2.45, 2.75) is 13.0 Å². The lowest BCUT2D eigenvalue weighted by atomic mass is 10.1. The van der Waals surface area contributed by atoms with Crippen LogP contribution < -0.4 is 5.32 Å². The number of carbonyl (C=O) groups is 2. The SMILES string of the molecule is Cc1c(C(=O)N[C@H](CO)C(=O)O)sc2ccccc12. The molecule has 0 radical (unpaired) electrons. The Morgan fingerprint density at radius 2 is 2.05 bits per heavy atom. The molecule has 5 nitrogen and oxygen atoms in total. The van der Waals surface area contributed by atoms with E-state index < -0.39 is 24.5 Å². The van der Waals surface area contributed by atoms with Gasteiger partial charge in [-0.3, -0.25) is 4.79 Å². The second-order valence-electron chi connectivity index (χ2n) is 4.10. The molecule has 2 rings (SSSR count). The van der Waals surface area contributed by atoms with E-state index in [1.807, 2.05) is 31.2 Å². The molecule has 1 aromatic heterocycles. The molecule has 0 spiro atoms. The van der Waals surface area contributed by atoms with Gasteiger partial charge >= 0.3 is 5.97 Å². The average molecular weight is 279 g/mol. The molecular weight excluding hydrogens is 266 g/mol. The number of fused-ring (bicyclic) bond motifs is 1. The zero-order valence-corrected chi connectivity index (χ0v) is 11.0. The number of hydrogen-bond donors (Lipinski definition) is 3. The van der Waals surface area contributed by atoms with Gasteiger partial charge in [-0.2, -0.15) is 0 Å². The summed E-state index contributed by atoms with van der Waals surface area (Å²) in [5.74, 6) is -1.73. The minimum Gasteiger partial charge on any atom is -0.480 e. The van der Waals surface area contributed by atoms with E-state index >= 15 is 0 Å². The molecule has 1 atom stereocenters. The third kappa shape index (κ3) is 2.59. The molecule has 6 heteroatoms. The number of aryl methyl sites for hydroxylation is 1. The third-order valence-electron chi connectivity index (χ3n) is 2.84. The Bertz CT molecular complexity index is 635. The summed E-state index contributed by atoms with van der Waals surface area (Å²) in [6, 6.07) is 6.31. The number of hydrogen-bond acceptors (Lipinski definition) is 4. The normalized spacial score (nSPS) is 12.3. The first-order chi connectivity index (χ1) is 9.04. The van der Waals surface area contributed by atoms with Crippen LogP contribution in [-0.4, -0.2) is 34.7 Å². The molecule has 0 bridgehead atoms. The Morgan fingerprint density at radius 1 is 1.37 bits per heavy atom. The first kappa shape index (κ1) is 13.5. The Balaban J connectivity index is 2.31. The van der Waals surface area contributed by atoms with Crippen LogP contribution in [0.25, 0.3) is 10.1 Å². The molecule has 1 heterocycles. The molecule has 0 aliphatic carbocycles. The largest absolute Gasteiger partial charge is 0.480 e. The highest BCUT2D eigenvalue weighted by molar-refractivity contribution is 7.21. The van der Waals surface area contributed by atoms with Crippen molar-refractivity contribution in [1.82, 2.24) is 5.32 Å². The number of aliphatic hydroxyl groups excluding tert-OH is 1. The molecule has 100 valence electrons. The summed E-state index contributed by atoms with van der Waals surface area (Å²) in [7, 11) is 0. The fourth-order valence-corrected chi connectivity index (χ4v) is 2.91. The molecule has 0 fully saturated rings. The molecule has 3 N–H and O–H groups in total. The zero-order chi connectivity index (χ0) is 14.0. The van der Waals surface area contributed by atoms with Crippen LogP contribution in [-0.2, 0) is 4.79 Å². The molecule has 0 aliphatic rings. The Kier molecular flexibility index (Phi) is 3.82. The Morgan fingerprint density at radius 3 is 2.63 bits per heavy atom. The van der Waals surface area contributed by atoms with Gasteiger partial charge in [-0.15, -0.1) is 11.3 Å². The van der Waals surface area contributed by atoms with E-state index in [0.717, 1.165) is 15.6 Å². The molecule has 2 aromatic rings. The van der Waals surface area contributed by atoms with Crippen molar-refractivity contribution in [3.63, 3.8) is 0 Å². The van der Waals surface area contributed by atoms with Crippen molar-refractivity contribution in [3.8, 4) is 0 Å². The van der Waals surface area contributed by atoms with Crippen LogP contribution in [0.4, 0.5) is 0 Å². The van der Waals surface area contributed by atoms with Gasteiger partial charge in [0, 0.05) is 4.70 Å². The van der Waals surface area contributed by atoms with Gasteiger partial charge < -0.3 is 15.5 Å². The van der Waals surface area contributed by atoms with E-state index in [4.69, 9.17) is 10.2 Å². The maximum Gasteiger partial charge on any atom is 0.328 e.